The number of hydrogen-bond acceptors (Lipinski definition) is 2. The Morgan fingerprint density at radius 2 is 1.38 bits per heavy atom. The number of amides is 1. The van der Waals surface area contributed by atoms with Crippen LogP contribution in [-0.4, -0.2) is 36.0 Å². The average Bonchev–Trinajstić information content (AvgIpc) is 2.96. The third kappa shape index (κ3) is 3.44. The second-order valence-electron chi connectivity index (χ2n) is 7.57. The number of hydrogen-bond donors (Lipinski definition) is 1. The largest absolute Gasteiger partial charge is 0.336 e. The van der Waals surface area contributed by atoms with E-state index in [1.54, 1.807) is 0 Å². The van der Waals surface area contributed by atoms with Crippen LogP contribution >= 0.6 is 0 Å². The first kappa shape index (κ1) is 15.3. The molecule has 1 amide bonds. The molecule has 1 aliphatic heterocycles. The smallest absolute Gasteiger partial charge is 0.227 e. The fraction of sp³-hybridized carbons (Fsp3) is 0.944. The molecule has 2 atom stereocenters. The van der Waals surface area contributed by atoms with Crippen LogP contribution in [0.5, 0.6) is 0 Å². The number of carbonyl (C=O) groups excluding carboxylic acids is 1. The van der Waals surface area contributed by atoms with Crippen molar-refractivity contribution in [1.82, 2.24) is 10.2 Å². The summed E-state index contributed by atoms with van der Waals surface area (Å²) in [5, 5.41) is 3.42. The molecule has 3 rings (SSSR count). The summed E-state index contributed by atoms with van der Waals surface area (Å²) in [5.74, 6) is 1.22. The highest BCUT2D eigenvalue weighted by molar-refractivity contribution is 5.80. The summed E-state index contributed by atoms with van der Waals surface area (Å²) < 4.78 is 0. The molecule has 0 radical (unpaired) electrons. The van der Waals surface area contributed by atoms with Crippen LogP contribution < -0.4 is 5.32 Å². The highest BCUT2D eigenvalue weighted by Gasteiger charge is 2.39. The van der Waals surface area contributed by atoms with Gasteiger partial charge in [0.15, 0.2) is 0 Å². The zero-order valence-corrected chi connectivity index (χ0v) is 13.7. The van der Waals surface area contributed by atoms with Crippen LogP contribution in [0.4, 0.5) is 0 Å². The molecule has 3 aliphatic rings. The molecule has 2 aliphatic carbocycles. The fourth-order valence-corrected chi connectivity index (χ4v) is 4.71. The Balaban J connectivity index is 1.74. The SMILES string of the molecule is CC1CNCC1C(=O)N(C1CCCCC1)C1CCCCC1. The third-order valence-corrected chi connectivity index (χ3v) is 6.03. The topological polar surface area (TPSA) is 32.3 Å². The van der Waals surface area contributed by atoms with Gasteiger partial charge < -0.3 is 10.2 Å². The van der Waals surface area contributed by atoms with Crippen molar-refractivity contribution in [2.75, 3.05) is 13.1 Å². The highest BCUT2D eigenvalue weighted by atomic mass is 16.2. The van der Waals surface area contributed by atoms with Crippen molar-refractivity contribution < 1.29 is 4.79 Å². The Labute approximate surface area is 129 Å². The summed E-state index contributed by atoms with van der Waals surface area (Å²) in [6, 6.07) is 1.09. The van der Waals surface area contributed by atoms with Crippen LogP contribution in [0, 0.1) is 11.8 Å². The first-order valence-corrected chi connectivity index (χ1v) is 9.30. The molecule has 1 heterocycles. The van der Waals surface area contributed by atoms with Gasteiger partial charge in [-0.1, -0.05) is 45.4 Å². The van der Waals surface area contributed by atoms with Crippen LogP contribution in [0.25, 0.3) is 0 Å². The van der Waals surface area contributed by atoms with E-state index in [1.165, 1.54) is 64.2 Å². The lowest BCUT2D eigenvalue weighted by Gasteiger charge is -2.43. The molecule has 2 saturated carbocycles. The van der Waals surface area contributed by atoms with Crippen molar-refractivity contribution in [3.05, 3.63) is 0 Å². The lowest BCUT2D eigenvalue weighted by molar-refractivity contribution is -0.143. The maximum absolute atomic E-state index is 13.2. The van der Waals surface area contributed by atoms with Gasteiger partial charge in [0.2, 0.25) is 5.91 Å². The first-order chi connectivity index (χ1) is 10.3. The van der Waals surface area contributed by atoms with Gasteiger partial charge in [0.05, 0.1) is 5.92 Å². The predicted molar refractivity (Wildman–Crippen MR) is 86.1 cm³/mol. The van der Waals surface area contributed by atoms with Gasteiger partial charge in [-0.2, -0.15) is 0 Å². The molecule has 1 N–H and O–H groups in total. The van der Waals surface area contributed by atoms with Gasteiger partial charge in [0, 0.05) is 18.6 Å². The van der Waals surface area contributed by atoms with Gasteiger partial charge in [-0.15, -0.1) is 0 Å². The molecule has 0 aromatic carbocycles. The summed E-state index contributed by atoms with van der Waals surface area (Å²) in [6.45, 7) is 4.15. The Kier molecular flexibility index (Phi) is 5.20. The Morgan fingerprint density at radius 1 is 0.857 bits per heavy atom. The Morgan fingerprint density at radius 3 is 1.81 bits per heavy atom. The monoisotopic (exact) mass is 292 g/mol. The second-order valence-corrected chi connectivity index (χ2v) is 7.57. The molecule has 3 nitrogen and oxygen atoms in total. The van der Waals surface area contributed by atoms with E-state index in [1.807, 2.05) is 0 Å². The van der Waals surface area contributed by atoms with Gasteiger partial charge in [-0.25, -0.2) is 0 Å². The van der Waals surface area contributed by atoms with Crippen LogP contribution in [0.2, 0.25) is 0 Å². The predicted octanol–water partition coefficient (Wildman–Crippen LogP) is 3.34. The van der Waals surface area contributed by atoms with Gasteiger partial charge >= 0.3 is 0 Å². The molecule has 3 fully saturated rings. The number of rotatable bonds is 3. The normalized spacial score (nSPS) is 32.2. The highest BCUT2D eigenvalue weighted by Crippen LogP contribution is 2.33. The maximum Gasteiger partial charge on any atom is 0.227 e. The Bertz CT molecular complexity index is 327. The van der Waals surface area contributed by atoms with E-state index in [2.05, 4.69) is 17.1 Å². The summed E-state index contributed by atoms with van der Waals surface area (Å²) in [7, 11) is 0. The molecule has 0 spiro atoms. The minimum Gasteiger partial charge on any atom is -0.336 e. The van der Waals surface area contributed by atoms with Crippen LogP contribution in [0.1, 0.15) is 71.1 Å². The molecule has 120 valence electrons. The summed E-state index contributed by atoms with van der Waals surface area (Å²) >= 11 is 0. The minimum absolute atomic E-state index is 0.230. The molecule has 0 aromatic rings. The zero-order valence-electron chi connectivity index (χ0n) is 13.7. The van der Waals surface area contributed by atoms with Crippen molar-refractivity contribution in [1.29, 1.82) is 0 Å². The Hall–Kier alpha value is -0.570. The molecule has 2 unspecified atom stereocenters. The second kappa shape index (κ2) is 7.13. The van der Waals surface area contributed by atoms with Gasteiger partial charge in [0.1, 0.15) is 0 Å². The molecule has 21 heavy (non-hydrogen) atoms. The summed E-state index contributed by atoms with van der Waals surface area (Å²) in [4.78, 5) is 15.6. The van der Waals surface area contributed by atoms with Crippen molar-refractivity contribution in [3.8, 4) is 0 Å². The van der Waals surface area contributed by atoms with E-state index in [0.29, 0.717) is 23.9 Å². The third-order valence-electron chi connectivity index (χ3n) is 6.03. The van der Waals surface area contributed by atoms with E-state index >= 15 is 0 Å². The van der Waals surface area contributed by atoms with Crippen molar-refractivity contribution in [3.63, 3.8) is 0 Å². The van der Waals surface area contributed by atoms with Crippen LogP contribution in [0.15, 0.2) is 0 Å². The number of nitrogens with one attached hydrogen (secondary N) is 1. The fourth-order valence-electron chi connectivity index (χ4n) is 4.71. The summed E-state index contributed by atoms with van der Waals surface area (Å²) in [6.07, 6.45) is 13.0. The molecular formula is C18H32N2O. The molecular weight excluding hydrogens is 260 g/mol. The number of nitrogens with zero attached hydrogens (tertiary/aromatic N) is 1. The van der Waals surface area contributed by atoms with E-state index in [-0.39, 0.29) is 5.92 Å². The minimum atomic E-state index is 0.230. The van der Waals surface area contributed by atoms with E-state index in [4.69, 9.17) is 0 Å². The average molecular weight is 292 g/mol. The van der Waals surface area contributed by atoms with Crippen molar-refractivity contribution in [2.45, 2.75) is 83.2 Å². The van der Waals surface area contributed by atoms with Crippen LogP contribution in [-0.2, 0) is 4.79 Å². The first-order valence-electron chi connectivity index (χ1n) is 9.30. The standard InChI is InChI=1S/C18H32N2O/c1-14-12-19-13-17(14)18(21)20(15-8-4-2-5-9-15)16-10-6-3-7-11-16/h14-17,19H,2-13H2,1H3. The van der Waals surface area contributed by atoms with Crippen molar-refractivity contribution in [2.24, 2.45) is 11.8 Å². The molecule has 0 aromatic heterocycles. The van der Waals surface area contributed by atoms with Crippen LogP contribution in [0.3, 0.4) is 0 Å². The van der Waals surface area contributed by atoms with Crippen molar-refractivity contribution >= 4 is 5.91 Å². The van der Waals surface area contributed by atoms with E-state index in [9.17, 15) is 4.79 Å². The quantitative estimate of drug-likeness (QED) is 0.865. The number of carbonyl (C=O) groups is 1. The van der Waals surface area contributed by atoms with Gasteiger partial charge in [-0.3, -0.25) is 4.79 Å². The maximum atomic E-state index is 13.2. The molecule has 1 saturated heterocycles. The summed E-state index contributed by atoms with van der Waals surface area (Å²) in [5.41, 5.74) is 0. The van der Waals surface area contributed by atoms with E-state index in [0.717, 1.165) is 13.1 Å². The lowest BCUT2D eigenvalue weighted by atomic mass is 9.86. The molecule has 3 heteroatoms. The van der Waals surface area contributed by atoms with Gasteiger partial charge in [-0.05, 0) is 38.1 Å². The zero-order chi connectivity index (χ0) is 14.7. The van der Waals surface area contributed by atoms with Gasteiger partial charge in [0.25, 0.3) is 0 Å². The van der Waals surface area contributed by atoms with E-state index < -0.39 is 0 Å². The molecule has 0 bridgehead atoms. The lowest BCUT2D eigenvalue weighted by Crippen LogP contribution is -2.52.